The molecule has 0 aromatic heterocycles. The highest BCUT2D eigenvalue weighted by atomic mass is 35.5. The predicted molar refractivity (Wildman–Crippen MR) is 108 cm³/mol. The van der Waals surface area contributed by atoms with Crippen molar-refractivity contribution in [2.24, 2.45) is 10.2 Å². The molecule has 136 valence electrons. The molecule has 0 saturated carbocycles. The third-order valence-electron chi connectivity index (χ3n) is 3.96. The van der Waals surface area contributed by atoms with Crippen molar-refractivity contribution in [3.05, 3.63) is 88.4 Å². The molecule has 0 N–H and O–H groups in total. The number of ether oxygens (including phenoxy) is 1. The molecular weight excluding hydrogens is 360 g/mol. The quantitative estimate of drug-likeness (QED) is 0.348. The van der Waals surface area contributed by atoms with Crippen LogP contribution in [0.3, 0.4) is 0 Å². The molecule has 0 radical (unpaired) electrons. The lowest BCUT2D eigenvalue weighted by molar-refractivity contribution is 0.101. The fraction of sp³-hybridized carbons (Fsp3) is 0.136. The second-order valence-corrected chi connectivity index (χ2v) is 6.62. The minimum absolute atomic E-state index is 0.0894. The number of carbonyl (C=O) groups is 1. The maximum absolute atomic E-state index is 12.0. The van der Waals surface area contributed by atoms with Crippen LogP contribution >= 0.6 is 11.6 Å². The fourth-order valence-electron chi connectivity index (χ4n) is 2.45. The number of benzene rings is 3. The summed E-state index contributed by atoms with van der Waals surface area (Å²) in [7, 11) is 0. The summed E-state index contributed by atoms with van der Waals surface area (Å²) in [6.07, 6.45) is 0. The van der Waals surface area contributed by atoms with Crippen molar-refractivity contribution < 1.29 is 9.53 Å². The molecule has 3 aromatic rings. The Morgan fingerprint density at radius 3 is 2.22 bits per heavy atom. The molecule has 5 heteroatoms. The van der Waals surface area contributed by atoms with Crippen LogP contribution in [0.5, 0.6) is 5.75 Å². The van der Waals surface area contributed by atoms with Crippen molar-refractivity contribution in [2.45, 2.75) is 20.5 Å². The molecule has 4 nitrogen and oxygen atoms in total. The number of Topliss-reactive ketones (excluding diaryl/α,β-unsaturated/α-hetero) is 1. The smallest absolute Gasteiger partial charge is 0.163 e. The van der Waals surface area contributed by atoms with Crippen LogP contribution in [-0.2, 0) is 6.61 Å². The molecule has 0 saturated heterocycles. The molecule has 0 bridgehead atoms. The van der Waals surface area contributed by atoms with E-state index in [1.165, 1.54) is 6.92 Å². The summed E-state index contributed by atoms with van der Waals surface area (Å²) in [5, 5.41) is 9.10. The zero-order valence-corrected chi connectivity index (χ0v) is 15.9. The number of halogens is 1. The first-order valence-corrected chi connectivity index (χ1v) is 8.90. The number of ketones is 1. The Balaban J connectivity index is 1.76. The summed E-state index contributed by atoms with van der Waals surface area (Å²) < 4.78 is 5.82. The predicted octanol–water partition coefficient (Wildman–Crippen LogP) is 6.85. The van der Waals surface area contributed by atoms with Gasteiger partial charge in [-0.25, -0.2) is 0 Å². The molecule has 0 spiro atoms. The molecule has 0 unspecified atom stereocenters. The molecule has 27 heavy (non-hydrogen) atoms. The van der Waals surface area contributed by atoms with Gasteiger partial charge in [0.1, 0.15) is 12.4 Å². The average molecular weight is 379 g/mol. The molecule has 3 rings (SSSR count). The first kappa shape index (κ1) is 18.8. The normalized spacial score (nSPS) is 10.9. The number of rotatable bonds is 6. The summed E-state index contributed by atoms with van der Waals surface area (Å²) >= 11 is 5.89. The number of nitrogens with zero attached hydrogens (tertiary/aromatic N) is 2. The highest BCUT2D eigenvalue weighted by Gasteiger charge is 2.10. The molecule has 0 aliphatic rings. The lowest BCUT2D eigenvalue weighted by atomic mass is 10.1. The van der Waals surface area contributed by atoms with E-state index < -0.39 is 0 Å². The zero-order valence-electron chi connectivity index (χ0n) is 15.1. The third kappa shape index (κ3) is 5.25. The molecule has 0 amide bonds. The largest absolute Gasteiger partial charge is 0.488 e. The molecule has 0 aliphatic carbocycles. The molecule has 0 atom stereocenters. The maximum atomic E-state index is 12.0. The Morgan fingerprint density at radius 1 is 0.926 bits per heavy atom. The van der Waals surface area contributed by atoms with E-state index in [0.29, 0.717) is 28.6 Å². The first-order valence-electron chi connectivity index (χ1n) is 8.52. The van der Waals surface area contributed by atoms with E-state index in [2.05, 4.69) is 10.2 Å². The van der Waals surface area contributed by atoms with Gasteiger partial charge >= 0.3 is 0 Å². The van der Waals surface area contributed by atoms with Gasteiger partial charge in [-0.05, 0) is 61.9 Å². The van der Waals surface area contributed by atoms with E-state index in [-0.39, 0.29) is 5.78 Å². The van der Waals surface area contributed by atoms with Crippen molar-refractivity contribution in [1.29, 1.82) is 0 Å². The van der Waals surface area contributed by atoms with Gasteiger partial charge < -0.3 is 4.74 Å². The SMILES string of the molecule is CC(=O)c1cc(N=Nc2ccc(C)cc2)ccc1OCc1ccc(Cl)cc1. The van der Waals surface area contributed by atoms with Gasteiger partial charge in [-0.15, -0.1) is 0 Å². The van der Waals surface area contributed by atoms with Crippen LogP contribution in [0.25, 0.3) is 0 Å². The van der Waals surface area contributed by atoms with Gasteiger partial charge in [-0.1, -0.05) is 41.4 Å². The van der Waals surface area contributed by atoms with Gasteiger partial charge in [0, 0.05) is 5.02 Å². The van der Waals surface area contributed by atoms with E-state index in [9.17, 15) is 4.79 Å². The number of carbonyl (C=O) groups excluding carboxylic acids is 1. The van der Waals surface area contributed by atoms with E-state index in [1.807, 2.05) is 43.3 Å². The Bertz CT molecular complexity index is 965. The van der Waals surface area contributed by atoms with Crippen molar-refractivity contribution in [3.63, 3.8) is 0 Å². The standard InChI is InChI=1S/C22H19ClN2O2/c1-15-3-9-19(10-4-15)24-25-20-11-12-22(21(13-20)16(2)26)27-14-17-5-7-18(23)8-6-17/h3-13H,14H2,1-2H3. The van der Waals surface area contributed by atoms with Crippen molar-refractivity contribution in [1.82, 2.24) is 0 Å². The average Bonchev–Trinajstić information content (AvgIpc) is 2.67. The van der Waals surface area contributed by atoms with E-state index in [1.54, 1.807) is 30.3 Å². The summed E-state index contributed by atoms with van der Waals surface area (Å²) in [5.74, 6) is 0.431. The maximum Gasteiger partial charge on any atom is 0.163 e. The molecule has 0 fully saturated rings. The third-order valence-corrected chi connectivity index (χ3v) is 4.22. The first-order chi connectivity index (χ1) is 13.0. The molecule has 0 aliphatic heterocycles. The number of azo groups is 1. The highest BCUT2D eigenvalue weighted by molar-refractivity contribution is 6.30. The molecular formula is C22H19ClN2O2. The van der Waals surface area contributed by atoms with Gasteiger partial charge in [-0.2, -0.15) is 10.2 Å². The van der Waals surface area contributed by atoms with Gasteiger partial charge in [0.05, 0.1) is 16.9 Å². The lowest BCUT2D eigenvalue weighted by Gasteiger charge is -2.10. The summed E-state index contributed by atoms with van der Waals surface area (Å²) in [5.41, 5.74) is 3.96. The topological polar surface area (TPSA) is 51.0 Å². The number of hydrogen-bond acceptors (Lipinski definition) is 4. The molecule has 3 aromatic carbocycles. The Kier molecular flexibility index (Phi) is 5.99. The van der Waals surface area contributed by atoms with Crippen molar-refractivity contribution in [3.8, 4) is 5.75 Å². The van der Waals surface area contributed by atoms with Crippen LogP contribution in [-0.4, -0.2) is 5.78 Å². The Morgan fingerprint density at radius 2 is 1.56 bits per heavy atom. The van der Waals surface area contributed by atoms with Crippen LogP contribution in [0, 0.1) is 6.92 Å². The van der Waals surface area contributed by atoms with E-state index in [0.717, 1.165) is 16.8 Å². The summed E-state index contributed by atoms with van der Waals surface area (Å²) in [6.45, 7) is 3.87. The van der Waals surface area contributed by atoms with Gasteiger partial charge in [0.2, 0.25) is 0 Å². The van der Waals surface area contributed by atoms with Crippen molar-refractivity contribution >= 4 is 28.8 Å². The fourth-order valence-corrected chi connectivity index (χ4v) is 2.58. The van der Waals surface area contributed by atoms with Crippen molar-refractivity contribution in [2.75, 3.05) is 0 Å². The van der Waals surface area contributed by atoms with Crippen LogP contribution in [0.15, 0.2) is 77.0 Å². The number of hydrogen-bond donors (Lipinski definition) is 0. The molecule has 0 heterocycles. The van der Waals surface area contributed by atoms with Gasteiger partial charge in [0.25, 0.3) is 0 Å². The monoisotopic (exact) mass is 378 g/mol. The zero-order chi connectivity index (χ0) is 19.2. The van der Waals surface area contributed by atoms with Crippen LogP contribution in [0.1, 0.15) is 28.4 Å². The van der Waals surface area contributed by atoms with Crippen LogP contribution < -0.4 is 4.74 Å². The Hall–Kier alpha value is -2.98. The van der Waals surface area contributed by atoms with Gasteiger partial charge in [-0.3, -0.25) is 4.79 Å². The second-order valence-electron chi connectivity index (χ2n) is 6.19. The van der Waals surface area contributed by atoms with E-state index in [4.69, 9.17) is 16.3 Å². The summed E-state index contributed by atoms with van der Waals surface area (Å²) in [6, 6.07) is 20.4. The Labute approximate surface area is 163 Å². The van der Waals surface area contributed by atoms with Gasteiger partial charge in [0.15, 0.2) is 5.78 Å². The lowest BCUT2D eigenvalue weighted by Crippen LogP contribution is -2.01. The minimum Gasteiger partial charge on any atom is -0.488 e. The van der Waals surface area contributed by atoms with Crippen LogP contribution in [0.2, 0.25) is 5.02 Å². The second kappa shape index (κ2) is 8.60. The summed E-state index contributed by atoms with van der Waals surface area (Å²) in [4.78, 5) is 12.0. The minimum atomic E-state index is -0.0894. The highest BCUT2D eigenvalue weighted by Crippen LogP contribution is 2.27. The van der Waals surface area contributed by atoms with Crippen LogP contribution in [0.4, 0.5) is 11.4 Å². The van der Waals surface area contributed by atoms with E-state index >= 15 is 0 Å². The number of aryl methyl sites for hydroxylation is 1.